The summed E-state index contributed by atoms with van der Waals surface area (Å²) < 4.78 is 13.6. The fraction of sp³-hybridized carbons (Fsp3) is 0.387. The smallest absolute Gasteiger partial charge is 0.326 e. The van der Waals surface area contributed by atoms with Gasteiger partial charge in [0, 0.05) is 24.8 Å². The Labute approximate surface area is 238 Å². The number of imidazole rings is 1. The molecule has 2 heterocycles. The number of aliphatic hydroxyl groups excluding tert-OH is 1. The fourth-order valence-electron chi connectivity index (χ4n) is 5.07. The van der Waals surface area contributed by atoms with E-state index in [9.17, 15) is 14.7 Å². The molecule has 0 saturated heterocycles. The van der Waals surface area contributed by atoms with Crippen molar-refractivity contribution < 1.29 is 19.4 Å². The highest BCUT2D eigenvalue weighted by atomic mass is 16.5. The van der Waals surface area contributed by atoms with E-state index in [0.29, 0.717) is 36.9 Å². The predicted molar refractivity (Wildman–Crippen MR) is 156 cm³/mol. The number of benzene rings is 2. The van der Waals surface area contributed by atoms with Crippen LogP contribution in [-0.2, 0) is 13.0 Å². The van der Waals surface area contributed by atoms with Crippen molar-refractivity contribution in [2.75, 3.05) is 13.2 Å². The van der Waals surface area contributed by atoms with Gasteiger partial charge in [-0.25, -0.2) is 9.78 Å². The number of nitrogens with two attached hydrogens (primary N) is 1. The van der Waals surface area contributed by atoms with Crippen LogP contribution in [0.5, 0.6) is 17.4 Å². The Bertz CT molecular complexity index is 1560. The molecule has 5 rings (SSSR count). The third-order valence-electron chi connectivity index (χ3n) is 7.49. The van der Waals surface area contributed by atoms with E-state index < -0.39 is 12.0 Å². The fourth-order valence-corrected chi connectivity index (χ4v) is 5.07. The Kier molecular flexibility index (Phi) is 8.41. The Balaban J connectivity index is 1.14. The van der Waals surface area contributed by atoms with E-state index in [4.69, 9.17) is 15.2 Å². The average Bonchev–Trinajstić information content (AvgIpc) is 3.24. The van der Waals surface area contributed by atoms with Crippen LogP contribution in [0.2, 0.25) is 0 Å². The van der Waals surface area contributed by atoms with E-state index in [-0.39, 0.29) is 29.3 Å². The maximum atomic E-state index is 12.6. The minimum Gasteiger partial charge on any atom is -0.489 e. The number of ether oxygens (including phenoxy) is 2. The summed E-state index contributed by atoms with van der Waals surface area (Å²) in [5.41, 5.74) is 7.75. The second-order valence-corrected chi connectivity index (χ2v) is 11.4. The number of aromatic amines is 1. The van der Waals surface area contributed by atoms with Crippen molar-refractivity contribution >= 4 is 16.9 Å². The molecule has 1 fully saturated rings. The molecule has 1 aliphatic rings. The summed E-state index contributed by atoms with van der Waals surface area (Å²) in [6, 6.07) is 16.3. The van der Waals surface area contributed by atoms with Crippen molar-refractivity contribution in [1.82, 2.24) is 19.9 Å². The summed E-state index contributed by atoms with van der Waals surface area (Å²) in [6.45, 7) is 5.25. The van der Waals surface area contributed by atoms with Crippen LogP contribution in [0.3, 0.4) is 0 Å². The molecule has 5 N–H and O–H groups in total. The van der Waals surface area contributed by atoms with Gasteiger partial charge in [0.15, 0.2) is 0 Å². The van der Waals surface area contributed by atoms with Crippen LogP contribution in [0.1, 0.15) is 49.0 Å². The van der Waals surface area contributed by atoms with Gasteiger partial charge >= 0.3 is 5.69 Å². The lowest BCUT2D eigenvalue weighted by Gasteiger charge is -2.28. The Morgan fingerprint density at radius 1 is 1.20 bits per heavy atom. The molecule has 41 heavy (non-hydrogen) atoms. The van der Waals surface area contributed by atoms with Gasteiger partial charge in [0.05, 0.1) is 5.52 Å². The largest absolute Gasteiger partial charge is 0.489 e. The first kappa shape index (κ1) is 28.4. The quantitative estimate of drug-likeness (QED) is 0.195. The predicted octanol–water partition coefficient (Wildman–Crippen LogP) is 3.77. The lowest BCUT2D eigenvalue weighted by Crippen LogP contribution is -2.46. The van der Waals surface area contributed by atoms with Crippen LogP contribution in [0, 0.1) is 5.92 Å². The van der Waals surface area contributed by atoms with Crippen LogP contribution >= 0.6 is 0 Å². The summed E-state index contributed by atoms with van der Waals surface area (Å²) in [4.78, 5) is 31.2. The van der Waals surface area contributed by atoms with Crippen LogP contribution in [-0.4, -0.2) is 50.3 Å². The van der Waals surface area contributed by atoms with Gasteiger partial charge in [0.1, 0.15) is 35.3 Å². The summed E-state index contributed by atoms with van der Waals surface area (Å²) in [5, 5.41) is 14.1. The average molecular weight is 560 g/mol. The van der Waals surface area contributed by atoms with E-state index in [1.807, 2.05) is 42.5 Å². The molecule has 4 aromatic rings. The Morgan fingerprint density at radius 3 is 2.68 bits per heavy atom. The van der Waals surface area contributed by atoms with Gasteiger partial charge < -0.3 is 30.6 Å². The molecule has 216 valence electrons. The third-order valence-corrected chi connectivity index (χ3v) is 7.49. The summed E-state index contributed by atoms with van der Waals surface area (Å²) in [5.74, 6) is 1.23. The lowest BCUT2D eigenvalue weighted by molar-refractivity contribution is 0.0993. The van der Waals surface area contributed by atoms with Crippen molar-refractivity contribution in [2.45, 2.75) is 57.7 Å². The minimum absolute atomic E-state index is 0.0951. The molecule has 10 nitrogen and oxygen atoms in total. The number of carbonyl (C=O) groups is 1. The van der Waals surface area contributed by atoms with Gasteiger partial charge in [-0.05, 0) is 81.0 Å². The molecule has 1 unspecified atom stereocenters. The topological polar surface area (TPSA) is 144 Å². The molecule has 0 radical (unpaired) electrons. The van der Waals surface area contributed by atoms with E-state index in [0.717, 1.165) is 29.4 Å². The number of pyridine rings is 1. The number of hydrogen-bond acceptors (Lipinski definition) is 7. The van der Waals surface area contributed by atoms with Gasteiger partial charge in [0.25, 0.3) is 5.91 Å². The molecule has 1 saturated carbocycles. The summed E-state index contributed by atoms with van der Waals surface area (Å²) in [7, 11) is 0. The number of hydrogen-bond donors (Lipinski definition) is 4. The van der Waals surface area contributed by atoms with Crippen molar-refractivity contribution in [3.8, 4) is 17.4 Å². The second kappa shape index (κ2) is 12.2. The molecule has 1 atom stereocenters. The van der Waals surface area contributed by atoms with E-state index >= 15 is 0 Å². The first-order valence-electron chi connectivity index (χ1n) is 14.0. The van der Waals surface area contributed by atoms with Gasteiger partial charge in [-0.3, -0.25) is 9.36 Å². The van der Waals surface area contributed by atoms with E-state index in [1.165, 1.54) is 6.42 Å². The Hall–Kier alpha value is -4.15. The molecular weight excluding hydrogens is 522 g/mol. The number of β-amino-alcohol motifs (C(OH)–C–C–N with tert-alkyl or cyclic N) is 1. The van der Waals surface area contributed by atoms with Crippen molar-refractivity contribution in [3.63, 3.8) is 0 Å². The zero-order valence-electron chi connectivity index (χ0n) is 23.4. The first-order valence-corrected chi connectivity index (χ1v) is 14.0. The van der Waals surface area contributed by atoms with Gasteiger partial charge in [-0.15, -0.1) is 0 Å². The van der Waals surface area contributed by atoms with E-state index in [1.54, 1.807) is 22.9 Å². The minimum atomic E-state index is -0.746. The highest BCUT2D eigenvalue weighted by Crippen LogP contribution is 2.31. The molecule has 0 aliphatic heterocycles. The monoisotopic (exact) mass is 559 g/mol. The standard InChI is InChI=1S/C31H37N5O5/c1-31(2,16-20-11-13-23(14-12-20)41-29-24(28(32)38)8-5-15-33-29)34-17-22(37)19-40-26-10-4-9-25-27(26)36(30(39)35-25)18-21-6-3-7-21/h4-5,8-15,21-22,34,37H,3,6-7,16-19H2,1-2H3,(H2,32,38)(H,35,39). The number of nitrogens with zero attached hydrogens (tertiary/aromatic N) is 2. The van der Waals surface area contributed by atoms with Crippen LogP contribution in [0.15, 0.2) is 65.6 Å². The molecule has 1 amide bonds. The van der Waals surface area contributed by atoms with Crippen molar-refractivity contribution in [3.05, 3.63) is 82.4 Å². The van der Waals surface area contributed by atoms with E-state index in [2.05, 4.69) is 29.1 Å². The zero-order chi connectivity index (χ0) is 29.0. The number of fused-ring (bicyclic) bond motifs is 1. The highest BCUT2D eigenvalue weighted by Gasteiger charge is 2.23. The SMILES string of the molecule is CC(C)(Cc1ccc(Oc2ncccc2C(N)=O)cc1)NCC(O)COc1cccc2[nH]c(=O)n(CC3CCC3)c12. The summed E-state index contributed by atoms with van der Waals surface area (Å²) in [6.07, 6.45) is 4.99. The van der Waals surface area contributed by atoms with Crippen LogP contribution in [0.4, 0.5) is 0 Å². The van der Waals surface area contributed by atoms with Crippen LogP contribution < -0.4 is 26.2 Å². The Morgan fingerprint density at radius 2 is 1.98 bits per heavy atom. The number of nitrogens with one attached hydrogen (secondary N) is 2. The summed E-state index contributed by atoms with van der Waals surface area (Å²) >= 11 is 0. The third kappa shape index (κ3) is 6.96. The molecular formula is C31H37N5O5. The van der Waals surface area contributed by atoms with Crippen molar-refractivity contribution in [2.24, 2.45) is 11.7 Å². The number of para-hydroxylation sites is 1. The number of aliphatic hydroxyl groups is 1. The molecule has 0 bridgehead atoms. The number of primary amides is 1. The highest BCUT2D eigenvalue weighted by molar-refractivity contribution is 5.95. The van der Waals surface area contributed by atoms with Crippen molar-refractivity contribution in [1.29, 1.82) is 0 Å². The zero-order valence-corrected chi connectivity index (χ0v) is 23.4. The molecule has 1 aliphatic carbocycles. The molecule has 2 aromatic carbocycles. The number of carbonyl (C=O) groups excluding carboxylic acids is 1. The number of H-pyrrole nitrogens is 1. The molecule has 0 spiro atoms. The molecule has 2 aromatic heterocycles. The van der Waals surface area contributed by atoms with Gasteiger partial charge in [-0.2, -0.15) is 0 Å². The number of aromatic nitrogens is 3. The maximum absolute atomic E-state index is 12.6. The number of rotatable bonds is 13. The van der Waals surface area contributed by atoms with Gasteiger partial charge in [0.2, 0.25) is 5.88 Å². The number of amides is 1. The first-order chi connectivity index (χ1) is 19.7. The lowest BCUT2D eigenvalue weighted by atomic mass is 9.85. The maximum Gasteiger partial charge on any atom is 0.326 e. The molecule has 10 heteroatoms. The normalized spacial score (nSPS) is 14.5. The van der Waals surface area contributed by atoms with Crippen LogP contribution in [0.25, 0.3) is 11.0 Å². The van der Waals surface area contributed by atoms with Gasteiger partial charge in [-0.1, -0.05) is 24.6 Å². The second-order valence-electron chi connectivity index (χ2n) is 11.4.